The summed E-state index contributed by atoms with van der Waals surface area (Å²) in [6.45, 7) is 4.22. The predicted octanol–water partition coefficient (Wildman–Crippen LogP) is 2.24. The molecule has 2 aromatic rings. The van der Waals surface area contributed by atoms with E-state index in [4.69, 9.17) is 10.3 Å². The lowest BCUT2D eigenvalue weighted by Crippen LogP contribution is -2.13. The van der Waals surface area contributed by atoms with E-state index in [2.05, 4.69) is 29.0 Å². The van der Waals surface area contributed by atoms with Crippen molar-refractivity contribution < 1.29 is 4.52 Å². The smallest absolute Gasteiger partial charge is 0.243 e. The summed E-state index contributed by atoms with van der Waals surface area (Å²) in [5, 5.41) is 5.74. The molecule has 0 unspecified atom stereocenters. The number of nitrogens with zero attached hydrogens (tertiary/aromatic N) is 3. The molecule has 0 aliphatic rings. The minimum Gasteiger partial charge on any atom is -0.337 e. The minimum absolute atomic E-state index is 0.195. The highest BCUT2D eigenvalue weighted by atomic mass is 32.1. The molecule has 0 fully saturated rings. The zero-order chi connectivity index (χ0) is 11.5. The van der Waals surface area contributed by atoms with Gasteiger partial charge in [-0.1, -0.05) is 19.0 Å². The average Bonchev–Trinajstić information content (AvgIpc) is 2.87. The number of aromatic nitrogens is 3. The Bertz CT molecular complexity index is 437. The topological polar surface area (TPSA) is 77.8 Å². The van der Waals surface area contributed by atoms with Gasteiger partial charge < -0.3 is 10.3 Å². The Balaban J connectivity index is 2.13. The van der Waals surface area contributed by atoms with Crippen LogP contribution in [0.5, 0.6) is 0 Å². The van der Waals surface area contributed by atoms with Gasteiger partial charge in [0.25, 0.3) is 0 Å². The normalized spacial score (nSPS) is 13.2. The fraction of sp³-hybridized carbons (Fsp3) is 0.500. The quantitative estimate of drug-likeness (QED) is 0.883. The molecule has 0 saturated heterocycles. The number of thiazole rings is 1. The van der Waals surface area contributed by atoms with Crippen LogP contribution in [0, 0.1) is 5.92 Å². The largest absolute Gasteiger partial charge is 0.337 e. The van der Waals surface area contributed by atoms with E-state index in [0.29, 0.717) is 17.6 Å². The number of hydrogen-bond donors (Lipinski definition) is 1. The molecule has 6 heteroatoms. The Morgan fingerprint density at radius 2 is 2.31 bits per heavy atom. The summed E-state index contributed by atoms with van der Waals surface area (Å²) in [6, 6.07) is -0.195. The van der Waals surface area contributed by atoms with Crippen molar-refractivity contribution in [1.29, 1.82) is 0 Å². The maximum atomic E-state index is 5.95. The van der Waals surface area contributed by atoms with E-state index in [9.17, 15) is 0 Å². The van der Waals surface area contributed by atoms with Crippen molar-refractivity contribution in [2.24, 2.45) is 11.7 Å². The standard InChI is InChI=1S/C10H14N4OS/c1-6(2)3-7(11)10-13-9(14-15-10)8-4-16-5-12-8/h4-7H,3,11H2,1-2H3/t7-/m0/s1. The number of rotatable bonds is 4. The zero-order valence-corrected chi connectivity index (χ0v) is 10.1. The molecule has 0 aliphatic heterocycles. The Labute approximate surface area is 97.7 Å². The lowest BCUT2D eigenvalue weighted by Gasteiger charge is -2.08. The van der Waals surface area contributed by atoms with Gasteiger partial charge >= 0.3 is 0 Å². The van der Waals surface area contributed by atoms with Crippen molar-refractivity contribution in [1.82, 2.24) is 15.1 Å². The first-order valence-electron chi connectivity index (χ1n) is 5.14. The highest BCUT2D eigenvalue weighted by Crippen LogP contribution is 2.20. The first-order chi connectivity index (χ1) is 7.66. The van der Waals surface area contributed by atoms with Crippen LogP contribution in [0.3, 0.4) is 0 Å². The monoisotopic (exact) mass is 238 g/mol. The van der Waals surface area contributed by atoms with E-state index in [0.717, 1.165) is 12.1 Å². The van der Waals surface area contributed by atoms with Crippen LogP contribution in [-0.4, -0.2) is 15.1 Å². The fourth-order valence-corrected chi connectivity index (χ4v) is 1.95. The molecule has 2 heterocycles. The Morgan fingerprint density at radius 1 is 1.50 bits per heavy atom. The van der Waals surface area contributed by atoms with E-state index in [1.165, 1.54) is 11.3 Å². The van der Waals surface area contributed by atoms with Crippen LogP contribution in [0.25, 0.3) is 11.5 Å². The Hall–Kier alpha value is -1.27. The molecule has 0 aliphatic carbocycles. The van der Waals surface area contributed by atoms with Gasteiger partial charge in [-0.15, -0.1) is 11.3 Å². The SMILES string of the molecule is CC(C)C[C@H](N)c1nc(-c2cscn2)no1. The molecule has 5 nitrogen and oxygen atoms in total. The van der Waals surface area contributed by atoms with Crippen LogP contribution in [-0.2, 0) is 0 Å². The van der Waals surface area contributed by atoms with Crippen LogP contribution in [0.15, 0.2) is 15.4 Å². The summed E-state index contributed by atoms with van der Waals surface area (Å²) in [5.41, 5.74) is 8.42. The van der Waals surface area contributed by atoms with Crippen LogP contribution < -0.4 is 5.73 Å². The van der Waals surface area contributed by atoms with Gasteiger partial charge in [0.15, 0.2) is 0 Å². The van der Waals surface area contributed by atoms with E-state index in [1.54, 1.807) is 5.51 Å². The zero-order valence-electron chi connectivity index (χ0n) is 9.25. The molecule has 0 bridgehead atoms. The molecule has 2 N–H and O–H groups in total. The van der Waals surface area contributed by atoms with Crippen LogP contribution in [0.2, 0.25) is 0 Å². The molecule has 86 valence electrons. The summed E-state index contributed by atoms with van der Waals surface area (Å²) in [5.74, 6) is 1.50. The van der Waals surface area contributed by atoms with Crippen molar-refractivity contribution >= 4 is 11.3 Å². The van der Waals surface area contributed by atoms with Crippen molar-refractivity contribution in [3.8, 4) is 11.5 Å². The minimum atomic E-state index is -0.195. The van der Waals surface area contributed by atoms with E-state index >= 15 is 0 Å². The van der Waals surface area contributed by atoms with Crippen molar-refractivity contribution in [2.75, 3.05) is 0 Å². The third-order valence-corrected chi connectivity index (χ3v) is 2.73. The second kappa shape index (κ2) is 4.71. The lowest BCUT2D eigenvalue weighted by molar-refractivity contribution is 0.335. The van der Waals surface area contributed by atoms with E-state index < -0.39 is 0 Å². The molecule has 0 spiro atoms. The van der Waals surface area contributed by atoms with Crippen molar-refractivity contribution in [3.05, 3.63) is 16.8 Å². The van der Waals surface area contributed by atoms with Crippen LogP contribution >= 0.6 is 11.3 Å². The fourth-order valence-electron chi connectivity index (χ4n) is 1.42. The van der Waals surface area contributed by atoms with Crippen LogP contribution in [0.1, 0.15) is 32.2 Å². The van der Waals surface area contributed by atoms with Gasteiger partial charge in [0, 0.05) is 5.38 Å². The molecule has 0 radical (unpaired) electrons. The molecule has 16 heavy (non-hydrogen) atoms. The summed E-state index contributed by atoms with van der Waals surface area (Å²) < 4.78 is 5.13. The Kier molecular flexibility index (Phi) is 3.31. The second-order valence-electron chi connectivity index (χ2n) is 4.07. The maximum Gasteiger partial charge on any atom is 0.243 e. The van der Waals surface area contributed by atoms with E-state index in [1.807, 2.05) is 5.38 Å². The third kappa shape index (κ3) is 2.45. The maximum absolute atomic E-state index is 5.95. The van der Waals surface area contributed by atoms with E-state index in [-0.39, 0.29) is 6.04 Å². The molecule has 0 saturated carbocycles. The van der Waals surface area contributed by atoms with Gasteiger partial charge in [0.05, 0.1) is 11.6 Å². The number of nitrogens with two attached hydrogens (primary N) is 1. The summed E-state index contributed by atoms with van der Waals surface area (Å²) in [4.78, 5) is 8.36. The molecule has 2 rings (SSSR count). The van der Waals surface area contributed by atoms with Gasteiger partial charge in [-0.05, 0) is 12.3 Å². The molecule has 2 aromatic heterocycles. The van der Waals surface area contributed by atoms with Gasteiger partial charge in [-0.3, -0.25) is 0 Å². The molecule has 0 amide bonds. The second-order valence-corrected chi connectivity index (χ2v) is 4.78. The lowest BCUT2D eigenvalue weighted by atomic mass is 10.0. The average molecular weight is 238 g/mol. The Morgan fingerprint density at radius 3 is 2.94 bits per heavy atom. The molecular weight excluding hydrogens is 224 g/mol. The summed E-state index contributed by atoms with van der Waals surface area (Å²) in [7, 11) is 0. The van der Waals surface area contributed by atoms with Gasteiger partial charge in [0.1, 0.15) is 5.69 Å². The van der Waals surface area contributed by atoms with Gasteiger partial charge in [-0.25, -0.2) is 4.98 Å². The molecule has 1 atom stereocenters. The van der Waals surface area contributed by atoms with Crippen molar-refractivity contribution in [2.45, 2.75) is 26.3 Å². The molecular formula is C10H14N4OS. The van der Waals surface area contributed by atoms with Gasteiger partial charge in [-0.2, -0.15) is 4.98 Å². The molecule has 0 aromatic carbocycles. The highest BCUT2D eigenvalue weighted by Gasteiger charge is 2.17. The first kappa shape index (κ1) is 11.2. The highest BCUT2D eigenvalue weighted by molar-refractivity contribution is 7.07. The first-order valence-corrected chi connectivity index (χ1v) is 6.09. The van der Waals surface area contributed by atoms with Crippen LogP contribution in [0.4, 0.5) is 0 Å². The predicted molar refractivity (Wildman–Crippen MR) is 61.8 cm³/mol. The number of hydrogen-bond acceptors (Lipinski definition) is 6. The van der Waals surface area contributed by atoms with Crippen molar-refractivity contribution in [3.63, 3.8) is 0 Å². The summed E-state index contributed by atoms with van der Waals surface area (Å²) >= 11 is 1.50. The van der Waals surface area contributed by atoms with Gasteiger partial charge in [0.2, 0.25) is 11.7 Å². The third-order valence-electron chi connectivity index (χ3n) is 2.15. The summed E-state index contributed by atoms with van der Waals surface area (Å²) in [6.07, 6.45) is 0.832.